The molecule has 2 heterocycles. The van der Waals surface area contributed by atoms with E-state index in [1.54, 1.807) is 107 Å². The molecule has 26 nitrogen and oxygen atoms in total. The van der Waals surface area contributed by atoms with Crippen LogP contribution in [-0.2, 0) is 70.4 Å². The van der Waals surface area contributed by atoms with Gasteiger partial charge in [0.05, 0.1) is 19.1 Å². The second-order valence-electron chi connectivity index (χ2n) is 27.2. The molecule has 2 saturated heterocycles. The van der Waals surface area contributed by atoms with Gasteiger partial charge >= 0.3 is 0 Å². The number of aliphatic hydroxyl groups excluding tert-OH is 1. The number of aliphatic hydroxyl groups is 1. The first-order valence-electron chi connectivity index (χ1n) is 34.1. The lowest BCUT2D eigenvalue weighted by Gasteiger charge is -2.39. The maximum Gasteiger partial charge on any atom is 0.249 e. The number of benzene rings is 3. The van der Waals surface area contributed by atoms with Gasteiger partial charge in [-0.15, -0.1) is 0 Å². The standard InChI is InChI=1S/C72H105ClN12O14/c1-17-45(6)62-66(92)77-61(48(9)86)71(97)78(10)41-59(88)80(12)46(7)63(89)74-53(68(94)85-34-25-20-26-35-85)40-58(87)79(11)47(8)64(90)76-60(44(4)5)72(98)83(15)56(36-43(2)3)69(95)81(13)55(37-49-28-21-18-22-29-49)65(91)75-54(42-99-52-33-27-32-51(73)39-52)67(93)82(14)57(70(96)84(62)16)38-50-30-23-19-24-31-50/h18-19,21-24,27-33,39,43-48,53-57,60-62,86H,17,20,25-26,34-38,40-42H2,1-16H3,(H,74,89)(H,75,91)(H,76,90)(H,77,92)/t45-,46-,47-,48+,53-,54?,55-,56-,57-,60-,61-,62-/m0/s1. The van der Waals surface area contributed by atoms with Crippen LogP contribution in [0.3, 0.4) is 0 Å². The molecule has 3 aromatic rings. The summed E-state index contributed by atoms with van der Waals surface area (Å²) in [6.07, 6.45) is 0.178. The minimum atomic E-state index is -1.69. The van der Waals surface area contributed by atoms with Crippen LogP contribution in [0.15, 0.2) is 84.9 Å². The van der Waals surface area contributed by atoms with E-state index in [9.17, 15) is 38.7 Å². The van der Waals surface area contributed by atoms with E-state index in [1.165, 1.54) is 95.8 Å². The summed E-state index contributed by atoms with van der Waals surface area (Å²) in [4.78, 5) is 187. The molecule has 12 atom stereocenters. The Morgan fingerprint density at radius 2 is 1.07 bits per heavy atom. The zero-order chi connectivity index (χ0) is 73.9. The van der Waals surface area contributed by atoms with Gasteiger partial charge in [0, 0.05) is 80.3 Å². The largest absolute Gasteiger partial charge is 0.491 e. The van der Waals surface area contributed by atoms with Crippen LogP contribution in [0.2, 0.25) is 5.02 Å². The fourth-order valence-corrected chi connectivity index (χ4v) is 12.2. The zero-order valence-corrected chi connectivity index (χ0v) is 61.1. The fraction of sp³-hybridized carbons (Fsp3) is 0.583. The SMILES string of the molecule is CC[C@H](C)[C@H]1C(=O)N[C@@H]([C@@H](C)O)C(=O)N(C)CC(=O)N(C)[C@@H](C)C(=O)N[C@H](C(=O)N2CCCCC2)CC(=O)N(C)[C@@H](C)C(=O)N[C@@H](C(C)C)C(=O)N(C)[C@@H](CC(C)C)C(=O)N(C)[C@@H](Cc2ccccc2)C(=O)NC(COc2cccc(Cl)c2)C(=O)N(C)[C@@H](Cc2ccccc2)C(=O)N1C. The number of likely N-dealkylation sites (N-methyl/N-ethyl adjacent to an activating group) is 7. The molecule has 5 rings (SSSR count). The van der Waals surface area contributed by atoms with Crippen molar-refractivity contribution in [1.29, 1.82) is 0 Å². The van der Waals surface area contributed by atoms with E-state index in [4.69, 9.17) is 16.3 Å². The van der Waals surface area contributed by atoms with Gasteiger partial charge in [-0.05, 0) is 93.5 Å². The Hall–Kier alpha value is -8.65. The van der Waals surface area contributed by atoms with Crippen molar-refractivity contribution in [2.75, 3.05) is 75.6 Å². The molecule has 12 amide bonds. The van der Waals surface area contributed by atoms with Crippen LogP contribution in [0.1, 0.15) is 112 Å². The third kappa shape index (κ3) is 21.9. The molecule has 0 radical (unpaired) electrons. The number of nitrogens with one attached hydrogen (secondary N) is 4. The third-order valence-electron chi connectivity index (χ3n) is 19.0. The van der Waals surface area contributed by atoms with Crippen molar-refractivity contribution in [2.45, 2.75) is 180 Å². The molecule has 99 heavy (non-hydrogen) atoms. The number of halogens is 1. The molecule has 2 fully saturated rings. The maximum absolute atomic E-state index is 15.6. The van der Waals surface area contributed by atoms with Crippen molar-refractivity contribution >= 4 is 82.5 Å². The molecule has 0 saturated carbocycles. The number of ether oxygens (including phenoxy) is 1. The van der Waals surface area contributed by atoms with Gasteiger partial charge in [0.15, 0.2) is 0 Å². The van der Waals surface area contributed by atoms with Crippen LogP contribution in [0.4, 0.5) is 0 Å². The molecular formula is C72H105ClN12O14. The number of likely N-dealkylation sites (tertiary alicyclic amines) is 1. The van der Waals surface area contributed by atoms with Crippen LogP contribution < -0.4 is 26.0 Å². The number of hydrogen-bond donors (Lipinski definition) is 5. The second-order valence-corrected chi connectivity index (χ2v) is 27.6. The molecule has 2 aliphatic rings. The van der Waals surface area contributed by atoms with E-state index < -0.39 is 169 Å². The Balaban J connectivity index is 1.68. The van der Waals surface area contributed by atoms with Gasteiger partial charge < -0.3 is 70.3 Å². The number of amides is 12. The highest BCUT2D eigenvalue weighted by Gasteiger charge is 2.44. The first-order chi connectivity index (χ1) is 46.6. The zero-order valence-electron chi connectivity index (χ0n) is 60.4. The van der Waals surface area contributed by atoms with Crippen molar-refractivity contribution < 1.29 is 67.4 Å². The molecule has 544 valence electrons. The van der Waals surface area contributed by atoms with E-state index in [0.717, 1.165) is 26.0 Å². The number of carbonyl (C=O) groups is 12. The van der Waals surface area contributed by atoms with Crippen molar-refractivity contribution in [2.24, 2.45) is 17.8 Å². The van der Waals surface area contributed by atoms with Gasteiger partial charge in [-0.25, -0.2) is 0 Å². The number of hydrogen-bond acceptors (Lipinski definition) is 14. The predicted octanol–water partition coefficient (Wildman–Crippen LogP) is 3.15. The summed E-state index contributed by atoms with van der Waals surface area (Å²) in [7, 11) is 9.50. The predicted molar refractivity (Wildman–Crippen MR) is 374 cm³/mol. The molecule has 0 spiro atoms. The van der Waals surface area contributed by atoms with E-state index in [-0.39, 0.29) is 30.9 Å². The van der Waals surface area contributed by atoms with Gasteiger partial charge in [-0.3, -0.25) is 57.5 Å². The summed E-state index contributed by atoms with van der Waals surface area (Å²) < 4.78 is 6.21. The summed E-state index contributed by atoms with van der Waals surface area (Å²) in [6.45, 7) is 14.2. The molecule has 3 aromatic carbocycles. The Kier molecular flexibility index (Phi) is 30.7. The highest BCUT2D eigenvalue weighted by Crippen LogP contribution is 2.25. The van der Waals surface area contributed by atoms with E-state index in [1.807, 2.05) is 13.8 Å². The number of carbonyl (C=O) groups excluding carboxylic acids is 12. The summed E-state index contributed by atoms with van der Waals surface area (Å²) in [5, 5.41) is 22.5. The highest BCUT2D eigenvalue weighted by molar-refractivity contribution is 6.30. The lowest BCUT2D eigenvalue weighted by Crippen LogP contribution is -2.63. The first-order valence-corrected chi connectivity index (χ1v) is 34.5. The van der Waals surface area contributed by atoms with Crippen LogP contribution in [0.5, 0.6) is 5.75 Å². The third-order valence-corrected chi connectivity index (χ3v) is 19.2. The molecule has 2 aliphatic heterocycles. The lowest BCUT2D eigenvalue weighted by molar-refractivity contribution is -0.152. The summed E-state index contributed by atoms with van der Waals surface area (Å²) in [5.41, 5.74) is 1.22. The fourth-order valence-electron chi connectivity index (χ4n) is 12.1. The number of nitrogens with zero attached hydrogens (tertiary/aromatic N) is 8. The van der Waals surface area contributed by atoms with Gasteiger partial charge in [0.1, 0.15) is 72.8 Å². The molecule has 27 heteroatoms. The summed E-state index contributed by atoms with van der Waals surface area (Å²) in [5.74, 6) is -10.4. The minimum Gasteiger partial charge on any atom is -0.491 e. The second kappa shape index (κ2) is 37.5. The maximum atomic E-state index is 15.6. The molecule has 0 aliphatic carbocycles. The number of piperidine rings is 1. The van der Waals surface area contributed by atoms with Crippen LogP contribution in [-0.4, -0.2) is 257 Å². The topological polar surface area (TPSA) is 308 Å². The van der Waals surface area contributed by atoms with Gasteiger partial charge in [0.25, 0.3) is 0 Å². The van der Waals surface area contributed by atoms with E-state index in [0.29, 0.717) is 48.5 Å². The Bertz CT molecular complexity index is 3300. The normalized spacial score (nSPS) is 25.3. The summed E-state index contributed by atoms with van der Waals surface area (Å²) >= 11 is 6.39. The van der Waals surface area contributed by atoms with Crippen molar-refractivity contribution in [1.82, 2.24) is 60.5 Å². The van der Waals surface area contributed by atoms with E-state index >= 15 is 24.0 Å². The Morgan fingerprint density at radius 3 is 1.61 bits per heavy atom. The molecule has 1 unspecified atom stereocenters. The molecule has 0 bridgehead atoms. The minimum absolute atomic E-state index is 0.0809. The molecular weight excluding hydrogens is 1290 g/mol. The van der Waals surface area contributed by atoms with Crippen LogP contribution in [0.25, 0.3) is 0 Å². The molecule has 5 N–H and O–H groups in total. The molecule has 0 aromatic heterocycles. The van der Waals surface area contributed by atoms with Gasteiger partial charge in [0.2, 0.25) is 70.9 Å². The van der Waals surface area contributed by atoms with E-state index in [2.05, 4.69) is 21.3 Å². The number of rotatable bonds is 14. The smallest absolute Gasteiger partial charge is 0.249 e. The van der Waals surface area contributed by atoms with Gasteiger partial charge in [-0.1, -0.05) is 126 Å². The van der Waals surface area contributed by atoms with Crippen molar-refractivity contribution in [3.63, 3.8) is 0 Å². The average Bonchev–Trinajstić information content (AvgIpc) is 0.822. The van der Waals surface area contributed by atoms with Crippen LogP contribution >= 0.6 is 11.6 Å². The Labute approximate surface area is 588 Å². The highest BCUT2D eigenvalue weighted by atomic mass is 35.5. The first kappa shape index (κ1) is 81.0. The van der Waals surface area contributed by atoms with Gasteiger partial charge in [-0.2, -0.15) is 0 Å². The quantitative estimate of drug-likeness (QED) is 0.155. The summed E-state index contributed by atoms with van der Waals surface area (Å²) in [6, 6.07) is 9.87. The van der Waals surface area contributed by atoms with Crippen LogP contribution in [0, 0.1) is 17.8 Å². The van der Waals surface area contributed by atoms with Crippen molar-refractivity contribution in [3.8, 4) is 5.75 Å². The van der Waals surface area contributed by atoms with Crippen molar-refractivity contribution in [3.05, 3.63) is 101 Å². The lowest BCUT2D eigenvalue weighted by atomic mass is 9.94. The average molecular weight is 1400 g/mol. The Morgan fingerprint density at radius 1 is 0.556 bits per heavy atom. The monoisotopic (exact) mass is 1400 g/mol.